The molecule has 1 aliphatic carbocycles. The van der Waals surface area contributed by atoms with E-state index in [0.717, 1.165) is 24.8 Å². The van der Waals surface area contributed by atoms with Crippen LogP contribution in [-0.4, -0.2) is 30.1 Å². The van der Waals surface area contributed by atoms with Crippen molar-refractivity contribution in [2.75, 3.05) is 6.61 Å². The fourth-order valence-corrected chi connectivity index (χ4v) is 3.18. The minimum absolute atomic E-state index is 0.316. The molecule has 0 radical (unpaired) electrons. The number of esters is 1. The number of hydrogen-bond donors (Lipinski definition) is 1. The fraction of sp³-hybridized carbons (Fsp3) is 0.526. The minimum Gasteiger partial charge on any atom is -0.482 e. The van der Waals surface area contributed by atoms with E-state index in [1.54, 1.807) is 18.2 Å². The summed E-state index contributed by atoms with van der Waals surface area (Å²) >= 11 is 5.87. The summed E-state index contributed by atoms with van der Waals surface area (Å²) in [4.78, 5) is 24.2. The summed E-state index contributed by atoms with van der Waals surface area (Å²) in [6.07, 6.45) is 3.10. The summed E-state index contributed by atoms with van der Waals surface area (Å²) in [5, 5.41) is 12.7. The summed E-state index contributed by atoms with van der Waals surface area (Å²) in [6, 6.07) is 7.26. The Balaban J connectivity index is 1.84. The number of nitrogens with zero attached hydrogens (tertiary/aromatic N) is 1. The maximum atomic E-state index is 12.3. The van der Waals surface area contributed by atoms with Crippen molar-refractivity contribution >= 4 is 23.5 Å². The zero-order valence-corrected chi connectivity index (χ0v) is 15.8. The third-order valence-electron chi connectivity index (χ3n) is 4.44. The van der Waals surface area contributed by atoms with E-state index in [9.17, 15) is 14.9 Å². The lowest BCUT2D eigenvalue weighted by Crippen LogP contribution is -2.52. The van der Waals surface area contributed by atoms with Gasteiger partial charge in [0.2, 0.25) is 0 Å². The first-order valence-corrected chi connectivity index (χ1v) is 9.05. The number of hydrogen-bond acceptors (Lipinski definition) is 5. The van der Waals surface area contributed by atoms with Crippen LogP contribution in [0.15, 0.2) is 18.2 Å². The standard InChI is InChI=1S/C19H23ClN2O4/c1-13-10-15(20)6-7-16(13)25-11-17(23)26-14(2)18(24)22-19(12-21)8-4-3-5-9-19/h6-7,10,14H,3-5,8-9,11H2,1-2H3,(H,22,24)/t14-/m1/s1. The quantitative estimate of drug-likeness (QED) is 0.767. The maximum absolute atomic E-state index is 12.3. The van der Waals surface area contributed by atoms with Gasteiger partial charge in [-0.3, -0.25) is 4.79 Å². The molecule has 7 heteroatoms. The molecule has 1 atom stereocenters. The van der Waals surface area contributed by atoms with Crippen LogP contribution in [0.4, 0.5) is 0 Å². The summed E-state index contributed by atoms with van der Waals surface area (Å²) in [5.41, 5.74) is -0.0585. The first-order chi connectivity index (χ1) is 12.3. The van der Waals surface area contributed by atoms with Crippen LogP contribution in [0.5, 0.6) is 5.75 Å². The number of nitrogens with one attached hydrogen (secondary N) is 1. The first-order valence-electron chi connectivity index (χ1n) is 8.67. The minimum atomic E-state index is -0.996. The third kappa shape index (κ3) is 5.37. The molecule has 1 amide bonds. The molecule has 0 aromatic heterocycles. The second kappa shape index (κ2) is 8.91. The van der Waals surface area contributed by atoms with E-state index >= 15 is 0 Å². The molecule has 0 bridgehead atoms. The van der Waals surface area contributed by atoms with Crippen LogP contribution in [0.25, 0.3) is 0 Å². The van der Waals surface area contributed by atoms with Gasteiger partial charge in [-0.1, -0.05) is 30.9 Å². The van der Waals surface area contributed by atoms with Gasteiger partial charge >= 0.3 is 5.97 Å². The van der Waals surface area contributed by atoms with E-state index in [0.29, 0.717) is 23.6 Å². The molecule has 1 aromatic carbocycles. The number of carbonyl (C=O) groups excluding carboxylic acids is 2. The van der Waals surface area contributed by atoms with Gasteiger partial charge in [-0.05, 0) is 50.5 Å². The molecule has 1 fully saturated rings. The van der Waals surface area contributed by atoms with Crippen LogP contribution in [0.1, 0.15) is 44.6 Å². The first kappa shape index (κ1) is 20.1. The summed E-state index contributed by atoms with van der Waals surface area (Å²) in [6.45, 7) is 2.98. The molecule has 6 nitrogen and oxygen atoms in total. The number of halogens is 1. The van der Waals surface area contributed by atoms with Gasteiger partial charge < -0.3 is 14.8 Å². The smallest absolute Gasteiger partial charge is 0.344 e. The van der Waals surface area contributed by atoms with Crippen LogP contribution in [0, 0.1) is 18.3 Å². The van der Waals surface area contributed by atoms with E-state index in [4.69, 9.17) is 21.1 Å². The highest BCUT2D eigenvalue weighted by molar-refractivity contribution is 6.30. The predicted molar refractivity (Wildman–Crippen MR) is 96.8 cm³/mol. The Labute approximate surface area is 158 Å². The zero-order chi connectivity index (χ0) is 19.2. The van der Waals surface area contributed by atoms with Crippen molar-refractivity contribution in [2.45, 2.75) is 57.6 Å². The highest BCUT2D eigenvalue weighted by atomic mass is 35.5. The van der Waals surface area contributed by atoms with Crippen LogP contribution in [0.3, 0.4) is 0 Å². The molecule has 0 aliphatic heterocycles. The Kier molecular flexibility index (Phi) is 6.87. The van der Waals surface area contributed by atoms with Crippen molar-refractivity contribution in [3.63, 3.8) is 0 Å². The second-order valence-corrected chi connectivity index (χ2v) is 7.01. The van der Waals surface area contributed by atoms with Gasteiger partial charge in [0.15, 0.2) is 12.7 Å². The Morgan fingerprint density at radius 2 is 2.04 bits per heavy atom. The number of aryl methyl sites for hydroxylation is 1. The van der Waals surface area contributed by atoms with E-state index in [2.05, 4.69) is 11.4 Å². The lowest BCUT2D eigenvalue weighted by atomic mass is 9.83. The van der Waals surface area contributed by atoms with Gasteiger partial charge in [0, 0.05) is 5.02 Å². The molecule has 26 heavy (non-hydrogen) atoms. The van der Waals surface area contributed by atoms with Crippen molar-refractivity contribution in [1.29, 1.82) is 5.26 Å². The Bertz CT molecular complexity index is 708. The van der Waals surface area contributed by atoms with Gasteiger partial charge in [-0.25, -0.2) is 4.79 Å². The molecule has 0 saturated heterocycles. The van der Waals surface area contributed by atoms with E-state index in [-0.39, 0.29) is 6.61 Å². The van der Waals surface area contributed by atoms with Crippen molar-refractivity contribution in [3.05, 3.63) is 28.8 Å². The molecule has 1 aromatic rings. The van der Waals surface area contributed by atoms with E-state index in [1.165, 1.54) is 6.92 Å². The molecule has 140 valence electrons. The van der Waals surface area contributed by atoms with Gasteiger partial charge in [-0.2, -0.15) is 5.26 Å². The molecule has 2 rings (SSSR count). The highest BCUT2D eigenvalue weighted by Crippen LogP contribution is 2.27. The molecule has 1 saturated carbocycles. The second-order valence-electron chi connectivity index (χ2n) is 6.57. The maximum Gasteiger partial charge on any atom is 0.344 e. The van der Waals surface area contributed by atoms with Crippen LogP contribution >= 0.6 is 11.6 Å². The predicted octanol–water partition coefficient (Wildman–Crippen LogP) is 3.30. The molecule has 0 unspecified atom stereocenters. The lowest BCUT2D eigenvalue weighted by molar-refractivity contribution is -0.157. The monoisotopic (exact) mass is 378 g/mol. The molecular formula is C19H23ClN2O4. The van der Waals surface area contributed by atoms with Crippen molar-refractivity contribution < 1.29 is 19.1 Å². The van der Waals surface area contributed by atoms with Gasteiger partial charge in [0.05, 0.1) is 6.07 Å². The number of amides is 1. The molecule has 1 aliphatic rings. The lowest BCUT2D eigenvalue weighted by Gasteiger charge is -2.32. The summed E-state index contributed by atoms with van der Waals surface area (Å²) in [5.74, 6) is -0.602. The Hall–Kier alpha value is -2.26. The van der Waals surface area contributed by atoms with Gasteiger partial charge in [-0.15, -0.1) is 0 Å². The van der Waals surface area contributed by atoms with Crippen molar-refractivity contribution in [3.8, 4) is 11.8 Å². The average molecular weight is 379 g/mol. The number of carbonyl (C=O) groups is 2. The van der Waals surface area contributed by atoms with Gasteiger partial charge in [0.25, 0.3) is 5.91 Å². The number of benzene rings is 1. The Morgan fingerprint density at radius 3 is 2.65 bits per heavy atom. The number of ether oxygens (including phenoxy) is 2. The average Bonchev–Trinajstić information content (AvgIpc) is 2.61. The topological polar surface area (TPSA) is 88.4 Å². The fourth-order valence-electron chi connectivity index (χ4n) is 2.95. The Morgan fingerprint density at radius 1 is 1.35 bits per heavy atom. The number of nitriles is 1. The van der Waals surface area contributed by atoms with E-state index < -0.39 is 23.5 Å². The highest BCUT2D eigenvalue weighted by Gasteiger charge is 2.35. The molecular weight excluding hydrogens is 356 g/mol. The van der Waals surface area contributed by atoms with Crippen molar-refractivity contribution in [2.24, 2.45) is 0 Å². The molecule has 0 spiro atoms. The molecule has 1 N–H and O–H groups in total. The molecule has 0 heterocycles. The summed E-state index contributed by atoms with van der Waals surface area (Å²) < 4.78 is 10.5. The van der Waals surface area contributed by atoms with Crippen LogP contribution in [0.2, 0.25) is 5.02 Å². The summed E-state index contributed by atoms with van der Waals surface area (Å²) in [7, 11) is 0. The third-order valence-corrected chi connectivity index (χ3v) is 4.68. The largest absolute Gasteiger partial charge is 0.482 e. The number of rotatable bonds is 6. The van der Waals surface area contributed by atoms with Gasteiger partial charge in [0.1, 0.15) is 11.3 Å². The normalized spacial score (nSPS) is 16.8. The van der Waals surface area contributed by atoms with E-state index in [1.807, 2.05) is 6.92 Å². The zero-order valence-electron chi connectivity index (χ0n) is 15.0. The van der Waals surface area contributed by atoms with Crippen LogP contribution < -0.4 is 10.1 Å². The van der Waals surface area contributed by atoms with Crippen LogP contribution in [-0.2, 0) is 14.3 Å². The van der Waals surface area contributed by atoms with Crippen molar-refractivity contribution in [1.82, 2.24) is 5.32 Å². The SMILES string of the molecule is Cc1cc(Cl)ccc1OCC(=O)O[C@H](C)C(=O)NC1(C#N)CCCCC1.